The SMILES string of the molecule is COc1ccc(C(O)c2ccccc2Br)c(OC)c1OC. The maximum Gasteiger partial charge on any atom is 0.203 e. The molecule has 21 heavy (non-hydrogen) atoms. The van der Waals surface area contributed by atoms with Crippen molar-refractivity contribution < 1.29 is 19.3 Å². The van der Waals surface area contributed by atoms with Crippen molar-refractivity contribution in [3.8, 4) is 17.2 Å². The summed E-state index contributed by atoms with van der Waals surface area (Å²) in [5.41, 5.74) is 1.37. The number of halogens is 1. The van der Waals surface area contributed by atoms with Crippen LogP contribution < -0.4 is 14.2 Å². The molecule has 2 aromatic carbocycles. The van der Waals surface area contributed by atoms with Gasteiger partial charge in [0.2, 0.25) is 5.75 Å². The summed E-state index contributed by atoms with van der Waals surface area (Å²) in [4.78, 5) is 0. The molecule has 0 aliphatic carbocycles. The molecule has 4 nitrogen and oxygen atoms in total. The van der Waals surface area contributed by atoms with E-state index < -0.39 is 6.10 Å². The highest BCUT2D eigenvalue weighted by molar-refractivity contribution is 9.10. The number of hydrogen-bond donors (Lipinski definition) is 1. The van der Waals surface area contributed by atoms with E-state index in [-0.39, 0.29) is 0 Å². The van der Waals surface area contributed by atoms with Crippen LogP contribution >= 0.6 is 15.9 Å². The third kappa shape index (κ3) is 2.99. The average molecular weight is 353 g/mol. The Labute approximate surface area is 132 Å². The van der Waals surface area contributed by atoms with Crippen molar-refractivity contribution in [1.29, 1.82) is 0 Å². The fourth-order valence-electron chi connectivity index (χ4n) is 2.20. The lowest BCUT2D eigenvalue weighted by molar-refractivity contribution is 0.211. The molecule has 112 valence electrons. The van der Waals surface area contributed by atoms with Crippen molar-refractivity contribution in [3.05, 3.63) is 52.0 Å². The molecule has 0 bridgehead atoms. The van der Waals surface area contributed by atoms with Gasteiger partial charge < -0.3 is 19.3 Å². The summed E-state index contributed by atoms with van der Waals surface area (Å²) >= 11 is 3.45. The van der Waals surface area contributed by atoms with Gasteiger partial charge >= 0.3 is 0 Å². The molecule has 2 rings (SSSR count). The van der Waals surface area contributed by atoms with Crippen LogP contribution in [0.5, 0.6) is 17.2 Å². The van der Waals surface area contributed by atoms with E-state index in [9.17, 15) is 5.11 Å². The number of benzene rings is 2. The topological polar surface area (TPSA) is 47.9 Å². The van der Waals surface area contributed by atoms with Crippen LogP contribution in [0.15, 0.2) is 40.9 Å². The lowest BCUT2D eigenvalue weighted by Crippen LogP contribution is -2.05. The van der Waals surface area contributed by atoms with Crippen LogP contribution in [-0.2, 0) is 0 Å². The maximum absolute atomic E-state index is 10.7. The second-order valence-electron chi connectivity index (χ2n) is 4.35. The quantitative estimate of drug-likeness (QED) is 0.893. The lowest BCUT2D eigenvalue weighted by atomic mass is 10.00. The molecular weight excluding hydrogens is 336 g/mol. The summed E-state index contributed by atoms with van der Waals surface area (Å²) < 4.78 is 16.8. The molecule has 0 radical (unpaired) electrons. The summed E-state index contributed by atoms with van der Waals surface area (Å²) in [5.74, 6) is 1.47. The zero-order valence-corrected chi connectivity index (χ0v) is 13.7. The largest absolute Gasteiger partial charge is 0.493 e. The highest BCUT2D eigenvalue weighted by atomic mass is 79.9. The molecule has 1 N–H and O–H groups in total. The molecule has 0 saturated carbocycles. The minimum Gasteiger partial charge on any atom is -0.493 e. The first-order valence-corrected chi connectivity index (χ1v) is 7.14. The van der Waals surface area contributed by atoms with Gasteiger partial charge in [0, 0.05) is 10.0 Å². The second kappa shape index (κ2) is 6.83. The monoisotopic (exact) mass is 352 g/mol. The first kappa shape index (κ1) is 15.7. The predicted molar refractivity (Wildman–Crippen MR) is 84.3 cm³/mol. The number of aliphatic hydroxyl groups is 1. The third-order valence-electron chi connectivity index (χ3n) is 3.23. The average Bonchev–Trinajstić information content (AvgIpc) is 2.52. The molecular formula is C16H17BrO4. The molecule has 0 spiro atoms. The van der Waals surface area contributed by atoms with Gasteiger partial charge in [0.15, 0.2) is 11.5 Å². The molecule has 0 heterocycles. The van der Waals surface area contributed by atoms with Gasteiger partial charge in [-0.05, 0) is 23.8 Å². The number of hydrogen-bond acceptors (Lipinski definition) is 4. The predicted octanol–water partition coefficient (Wildman–Crippen LogP) is 3.56. The lowest BCUT2D eigenvalue weighted by Gasteiger charge is -2.20. The Hall–Kier alpha value is -1.72. The molecule has 5 heteroatoms. The van der Waals surface area contributed by atoms with Gasteiger partial charge in [-0.2, -0.15) is 0 Å². The van der Waals surface area contributed by atoms with Crippen LogP contribution in [0.25, 0.3) is 0 Å². The van der Waals surface area contributed by atoms with Crippen LogP contribution in [0.4, 0.5) is 0 Å². The van der Waals surface area contributed by atoms with Crippen molar-refractivity contribution in [3.63, 3.8) is 0 Å². The Balaban J connectivity index is 2.56. The Morgan fingerprint density at radius 3 is 2.10 bits per heavy atom. The van der Waals surface area contributed by atoms with Crippen molar-refractivity contribution in [2.24, 2.45) is 0 Å². The van der Waals surface area contributed by atoms with Gasteiger partial charge in [0.25, 0.3) is 0 Å². The van der Waals surface area contributed by atoms with Crippen molar-refractivity contribution in [2.75, 3.05) is 21.3 Å². The molecule has 0 saturated heterocycles. The number of ether oxygens (including phenoxy) is 3. The fourth-order valence-corrected chi connectivity index (χ4v) is 2.71. The molecule has 1 atom stereocenters. The highest BCUT2D eigenvalue weighted by Crippen LogP contribution is 2.44. The Morgan fingerprint density at radius 2 is 1.52 bits per heavy atom. The van der Waals surface area contributed by atoms with Gasteiger partial charge in [-0.1, -0.05) is 34.1 Å². The Kier molecular flexibility index (Phi) is 5.09. The van der Waals surface area contributed by atoms with E-state index in [1.807, 2.05) is 24.3 Å². The number of rotatable bonds is 5. The molecule has 0 fully saturated rings. The summed E-state index contributed by atoms with van der Waals surface area (Å²) in [5, 5.41) is 10.7. The molecule has 0 aromatic heterocycles. The van der Waals surface area contributed by atoms with Crippen LogP contribution in [0.3, 0.4) is 0 Å². The van der Waals surface area contributed by atoms with E-state index in [1.165, 1.54) is 14.2 Å². The summed E-state index contributed by atoms with van der Waals surface area (Å²) in [6.45, 7) is 0. The van der Waals surface area contributed by atoms with Crippen LogP contribution in [-0.4, -0.2) is 26.4 Å². The van der Waals surface area contributed by atoms with E-state index in [4.69, 9.17) is 14.2 Å². The summed E-state index contributed by atoms with van der Waals surface area (Å²) in [6.07, 6.45) is -0.838. The van der Waals surface area contributed by atoms with E-state index in [2.05, 4.69) is 15.9 Å². The Morgan fingerprint density at radius 1 is 0.857 bits per heavy atom. The second-order valence-corrected chi connectivity index (χ2v) is 5.20. The minimum absolute atomic E-state index is 0.458. The summed E-state index contributed by atoms with van der Waals surface area (Å²) in [7, 11) is 4.63. The standard InChI is InChI=1S/C16H17BrO4/c1-19-13-9-8-11(15(20-2)16(13)21-3)14(18)10-6-4-5-7-12(10)17/h4-9,14,18H,1-3H3. The van der Waals surface area contributed by atoms with Gasteiger partial charge in [0.1, 0.15) is 6.10 Å². The van der Waals surface area contributed by atoms with E-state index >= 15 is 0 Å². The zero-order valence-electron chi connectivity index (χ0n) is 12.1. The van der Waals surface area contributed by atoms with Gasteiger partial charge in [0.05, 0.1) is 21.3 Å². The summed E-state index contributed by atoms with van der Waals surface area (Å²) in [6, 6.07) is 11.0. The molecule has 0 aliphatic heterocycles. The number of methoxy groups -OCH3 is 3. The van der Waals surface area contributed by atoms with Crippen molar-refractivity contribution in [2.45, 2.75) is 6.10 Å². The first-order chi connectivity index (χ1) is 10.1. The molecule has 0 amide bonds. The van der Waals surface area contributed by atoms with E-state index in [1.54, 1.807) is 19.2 Å². The van der Waals surface area contributed by atoms with Crippen LogP contribution in [0.1, 0.15) is 17.2 Å². The first-order valence-electron chi connectivity index (χ1n) is 6.35. The van der Waals surface area contributed by atoms with Crippen molar-refractivity contribution >= 4 is 15.9 Å². The van der Waals surface area contributed by atoms with Crippen molar-refractivity contribution in [1.82, 2.24) is 0 Å². The van der Waals surface area contributed by atoms with Gasteiger partial charge in [-0.25, -0.2) is 0 Å². The Bertz CT molecular complexity index is 628. The van der Waals surface area contributed by atoms with Gasteiger partial charge in [-0.15, -0.1) is 0 Å². The third-order valence-corrected chi connectivity index (χ3v) is 3.95. The molecule has 2 aromatic rings. The number of aliphatic hydroxyl groups excluding tert-OH is 1. The van der Waals surface area contributed by atoms with Crippen LogP contribution in [0.2, 0.25) is 0 Å². The fraction of sp³-hybridized carbons (Fsp3) is 0.250. The van der Waals surface area contributed by atoms with E-state index in [0.717, 1.165) is 10.0 Å². The normalized spacial score (nSPS) is 11.9. The van der Waals surface area contributed by atoms with E-state index in [0.29, 0.717) is 22.8 Å². The van der Waals surface area contributed by atoms with Crippen LogP contribution in [0, 0.1) is 0 Å². The molecule has 0 aliphatic rings. The molecule has 1 unspecified atom stereocenters. The smallest absolute Gasteiger partial charge is 0.203 e. The zero-order chi connectivity index (χ0) is 15.4. The maximum atomic E-state index is 10.7. The van der Waals surface area contributed by atoms with Gasteiger partial charge in [-0.3, -0.25) is 0 Å². The minimum atomic E-state index is -0.838. The highest BCUT2D eigenvalue weighted by Gasteiger charge is 2.23.